The molecule has 1 aliphatic rings. The van der Waals surface area contributed by atoms with Crippen molar-refractivity contribution in [3.05, 3.63) is 23.3 Å². The summed E-state index contributed by atoms with van der Waals surface area (Å²) in [6.45, 7) is 0. The second kappa shape index (κ2) is 5.53. The Kier molecular flexibility index (Phi) is 3.44. The zero-order valence-corrected chi connectivity index (χ0v) is 14.5. The van der Waals surface area contributed by atoms with Crippen LogP contribution in [0.5, 0.6) is 0 Å². The molecule has 0 atom stereocenters. The Morgan fingerprint density at radius 2 is 2.16 bits per heavy atom. The van der Waals surface area contributed by atoms with Crippen molar-refractivity contribution in [3.63, 3.8) is 0 Å². The Balaban J connectivity index is 1.82. The van der Waals surface area contributed by atoms with Crippen LogP contribution < -0.4 is 5.73 Å². The molecule has 10 heteroatoms. The van der Waals surface area contributed by atoms with E-state index >= 15 is 0 Å². The molecule has 3 aromatic rings. The van der Waals surface area contributed by atoms with E-state index < -0.39 is 5.54 Å². The fraction of sp³-hybridized carbons (Fsp3) is 0.333. The largest absolute Gasteiger partial charge is 0.382 e. The predicted molar refractivity (Wildman–Crippen MR) is 90.7 cm³/mol. The second-order valence-electron chi connectivity index (χ2n) is 6.11. The van der Waals surface area contributed by atoms with Gasteiger partial charge in [0.15, 0.2) is 11.5 Å². The molecule has 2 N–H and O–H groups in total. The summed E-state index contributed by atoms with van der Waals surface area (Å²) in [6.07, 6.45) is 6.37. The first-order valence-corrected chi connectivity index (χ1v) is 8.34. The summed E-state index contributed by atoms with van der Waals surface area (Å²) < 4.78 is 3.90. The van der Waals surface area contributed by atoms with E-state index in [1.807, 2.05) is 0 Å². The van der Waals surface area contributed by atoms with Crippen molar-refractivity contribution in [2.75, 3.05) is 5.73 Å². The molecule has 3 aromatic heterocycles. The molecule has 0 amide bonds. The summed E-state index contributed by atoms with van der Waals surface area (Å²) in [4.78, 5) is 8.69. The standard InChI is InChI=1S/C15H12BrN9/c16-11-7-24-14(20-8-21-24)12(22-11)10-6-25(23-13(10)19)15(1-2-17)3-9(4-15)5-18/h6-9H,1,3-4H2,(H2,19,23). The number of nitrogen functional groups attached to an aromatic ring is 1. The highest BCUT2D eigenvalue weighted by atomic mass is 79.9. The Hall–Kier alpha value is -2.98. The number of rotatable bonds is 3. The molecule has 3 heterocycles. The van der Waals surface area contributed by atoms with Gasteiger partial charge in [-0.15, -0.1) is 0 Å². The van der Waals surface area contributed by atoms with Crippen LogP contribution in [0.4, 0.5) is 5.82 Å². The Morgan fingerprint density at radius 1 is 1.36 bits per heavy atom. The van der Waals surface area contributed by atoms with Gasteiger partial charge >= 0.3 is 0 Å². The quantitative estimate of drug-likeness (QED) is 0.712. The van der Waals surface area contributed by atoms with Crippen molar-refractivity contribution in [2.45, 2.75) is 24.8 Å². The van der Waals surface area contributed by atoms with Crippen molar-refractivity contribution in [1.82, 2.24) is 29.4 Å². The maximum Gasteiger partial charge on any atom is 0.181 e. The number of nitriles is 2. The summed E-state index contributed by atoms with van der Waals surface area (Å²) >= 11 is 3.36. The molecule has 25 heavy (non-hydrogen) atoms. The summed E-state index contributed by atoms with van der Waals surface area (Å²) in [5.74, 6) is 0.239. The molecule has 0 radical (unpaired) electrons. The molecule has 9 nitrogen and oxygen atoms in total. The van der Waals surface area contributed by atoms with Gasteiger partial charge in [0.1, 0.15) is 16.6 Å². The van der Waals surface area contributed by atoms with E-state index in [1.54, 1.807) is 21.6 Å². The average molecular weight is 398 g/mol. The van der Waals surface area contributed by atoms with Crippen LogP contribution in [0.25, 0.3) is 16.9 Å². The first-order valence-electron chi connectivity index (χ1n) is 7.55. The van der Waals surface area contributed by atoms with E-state index in [0.29, 0.717) is 40.2 Å². The van der Waals surface area contributed by atoms with Gasteiger partial charge in [0.05, 0.1) is 41.8 Å². The van der Waals surface area contributed by atoms with Gasteiger partial charge in [-0.3, -0.25) is 4.68 Å². The van der Waals surface area contributed by atoms with Gasteiger partial charge in [0.25, 0.3) is 0 Å². The lowest BCUT2D eigenvalue weighted by molar-refractivity contribution is 0.0885. The SMILES string of the molecule is N#CCC1(n2cc(-c3nc(Br)cn4ncnc34)c(N)n2)CC(C#N)C1. The van der Waals surface area contributed by atoms with Gasteiger partial charge in [0, 0.05) is 6.20 Å². The highest BCUT2D eigenvalue weighted by Crippen LogP contribution is 2.46. The highest BCUT2D eigenvalue weighted by molar-refractivity contribution is 9.10. The minimum atomic E-state index is -0.489. The molecule has 0 spiro atoms. The van der Waals surface area contributed by atoms with Gasteiger partial charge < -0.3 is 5.73 Å². The van der Waals surface area contributed by atoms with E-state index in [2.05, 4.69) is 48.2 Å². The number of halogens is 1. The van der Waals surface area contributed by atoms with Gasteiger partial charge in [-0.1, -0.05) is 0 Å². The second-order valence-corrected chi connectivity index (χ2v) is 6.92. The monoisotopic (exact) mass is 397 g/mol. The summed E-state index contributed by atoms with van der Waals surface area (Å²) in [5.41, 5.74) is 7.38. The third kappa shape index (κ3) is 2.34. The summed E-state index contributed by atoms with van der Waals surface area (Å²) in [5, 5.41) is 26.8. The lowest BCUT2D eigenvalue weighted by atomic mass is 9.67. The van der Waals surface area contributed by atoms with Crippen molar-refractivity contribution in [2.24, 2.45) is 5.92 Å². The minimum absolute atomic E-state index is 0.0607. The Bertz CT molecular complexity index is 1050. The molecule has 1 aliphatic carbocycles. The van der Waals surface area contributed by atoms with Crippen LogP contribution in [0.15, 0.2) is 23.3 Å². The van der Waals surface area contributed by atoms with Crippen molar-refractivity contribution < 1.29 is 0 Å². The summed E-state index contributed by atoms with van der Waals surface area (Å²) in [6, 6.07) is 4.44. The van der Waals surface area contributed by atoms with Crippen LogP contribution in [-0.4, -0.2) is 29.4 Å². The Morgan fingerprint density at radius 3 is 2.88 bits per heavy atom. The van der Waals surface area contributed by atoms with E-state index in [9.17, 15) is 5.26 Å². The molecular formula is C15H12BrN9. The molecule has 0 aromatic carbocycles. The van der Waals surface area contributed by atoms with Gasteiger partial charge in [-0.05, 0) is 28.8 Å². The first-order chi connectivity index (χ1) is 12.1. The van der Waals surface area contributed by atoms with Crippen LogP contribution in [0.3, 0.4) is 0 Å². The van der Waals surface area contributed by atoms with Crippen LogP contribution in [-0.2, 0) is 5.54 Å². The van der Waals surface area contributed by atoms with Gasteiger partial charge in [0.2, 0.25) is 0 Å². The molecule has 1 saturated carbocycles. The maximum atomic E-state index is 9.18. The number of hydrogen-bond acceptors (Lipinski definition) is 7. The number of aromatic nitrogens is 6. The topological polar surface area (TPSA) is 134 Å². The van der Waals surface area contributed by atoms with E-state index in [4.69, 9.17) is 11.0 Å². The van der Waals surface area contributed by atoms with Gasteiger partial charge in [-0.25, -0.2) is 14.5 Å². The van der Waals surface area contributed by atoms with Crippen molar-refractivity contribution in [3.8, 4) is 23.4 Å². The summed E-state index contributed by atoms with van der Waals surface area (Å²) in [7, 11) is 0. The Labute approximate surface area is 150 Å². The molecule has 4 rings (SSSR count). The van der Waals surface area contributed by atoms with Crippen molar-refractivity contribution in [1.29, 1.82) is 10.5 Å². The van der Waals surface area contributed by atoms with E-state index in [-0.39, 0.29) is 12.3 Å². The third-order valence-corrected chi connectivity index (χ3v) is 4.94. The number of nitrogens with zero attached hydrogens (tertiary/aromatic N) is 8. The molecule has 124 valence electrons. The number of nitrogens with two attached hydrogens (primary N) is 1. The first kappa shape index (κ1) is 15.5. The zero-order chi connectivity index (χ0) is 17.6. The van der Waals surface area contributed by atoms with E-state index in [0.717, 1.165) is 0 Å². The van der Waals surface area contributed by atoms with Gasteiger partial charge in [-0.2, -0.15) is 20.7 Å². The third-order valence-electron chi connectivity index (χ3n) is 4.56. The molecule has 1 fully saturated rings. The van der Waals surface area contributed by atoms with Crippen LogP contribution in [0, 0.1) is 28.6 Å². The number of hydrogen-bond donors (Lipinski definition) is 1. The zero-order valence-electron chi connectivity index (χ0n) is 13.0. The highest BCUT2D eigenvalue weighted by Gasteiger charge is 2.47. The van der Waals surface area contributed by atoms with Crippen LogP contribution in [0.1, 0.15) is 19.3 Å². The maximum absolute atomic E-state index is 9.18. The van der Waals surface area contributed by atoms with Crippen molar-refractivity contribution >= 4 is 27.4 Å². The average Bonchev–Trinajstić information content (AvgIpc) is 3.16. The molecule has 0 aliphatic heterocycles. The predicted octanol–water partition coefficient (Wildman–Crippen LogP) is 1.88. The lowest BCUT2D eigenvalue weighted by Crippen LogP contribution is -2.46. The molecule has 0 saturated heterocycles. The molecule has 0 bridgehead atoms. The fourth-order valence-corrected chi connectivity index (χ4v) is 3.67. The minimum Gasteiger partial charge on any atom is -0.382 e. The van der Waals surface area contributed by atoms with Crippen LogP contribution >= 0.6 is 15.9 Å². The van der Waals surface area contributed by atoms with Crippen LogP contribution in [0.2, 0.25) is 0 Å². The lowest BCUT2D eigenvalue weighted by Gasteiger charge is -2.43. The smallest absolute Gasteiger partial charge is 0.181 e. The fourth-order valence-electron chi connectivity index (χ4n) is 3.30. The normalized spacial score (nSPS) is 22.3. The number of fused-ring (bicyclic) bond motifs is 1. The number of anilines is 1. The van der Waals surface area contributed by atoms with E-state index in [1.165, 1.54) is 6.33 Å². The molecular weight excluding hydrogens is 386 g/mol. The molecule has 0 unspecified atom stereocenters.